The molecule has 1 aliphatic heterocycles. The number of aromatic nitrogens is 1. The van der Waals surface area contributed by atoms with E-state index < -0.39 is 0 Å². The molecule has 0 unspecified atom stereocenters. The van der Waals surface area contributed by atoms with Gasteiger partial charge >= 0.3 is 0 Å². The van der Waals surface area contributed by atoms with Crippen molar-refractivity contribution < 1.29 is 0 Å². The molecule has 2 aromatic rings. The van der Waals surface area contributed by atoms with E-state index in [0.29, 0.717) is 10.9 Å². The monoisotopic (exact) mass is 368 g/mol. The van der Waals surface area contributed by atoms with Gasteiger partial charge in [-0.15, -0.1) is 0 Å². The van der Waals surface area contributed by atoms with Gasteiger partial charge in [0.05, 0.1) is 0 Å². The quantitative estimate of drug-likeness (QED) is 0.597. The molecule has 136 valence electrons. The fourth-order valence-corrected chi connectivity index (χ4v) is 3.70. The van der Waals surface area contributed by atoms with Crippen molar-refractivity contribution in [1.82, 2.24) is 9.88 Å². The molecule has 0 aliphatic carbocycles. The Morgan fingerprint density at radius 3 is 2.58 bits per heavy atom. The van der Waals surface area contributed by atoms with E-state index in [0.717, 1.165) is 44.5 Å². The van der Waals surface area contributed by atoms with E-state index in [9.17, 15) is 0 Å². The molecular formula is C21H25ClN4. The number of rotatable bonds is 6. The molecule has 2 heterocycles. The highest BCUT2D eigenvalue weighted by Crippen LogP contribution is 2.24. The van der Waals surface area contributed by atoms with Gasteiger partial charge in [0, 0.05) is 30.8 Å². The standard InChI is InChI=1S/C21H25ClN4/c22-20-13-17(6-9-25-20)15-26-10-7-18(8-11-26)21(24)19(14-23)12-16-4-2-1-3-5-16/h1-6,9,13-14,18,24H,7-8,10-12,15,23H2. The van der Waals surface area contributed by atoms with Crippen molar-refractivity contribution in [3.05, 3.63) is 76.7 Å². The number of benzene rings is 1. The van der Waals surface area contributed by atoms with Crippen molar-refractivity contribution >= 4 is 17.3 Å². The zero-order valence-corrected chi connectivity index (χ0v) is 15.6. The Kier molecular flexibility index (Phi) is 6.42. The van der Waals surface area contributed by atoms with E-state index in [-0.39, 0.29) is 5.92 Å². The van der Waals surface area contributed by atoms with E-state index in [1.807, 2.05) is 30.3 Å². The van der Waals surface area contributed by atoms with Gasteiger partial charge in [-0.3, -0.25) is 4.90 Å². The Labute approximate surface area is 160 Å². The van der Waals surface area contributed by atoms with E-state index >= 15 is 0 Å². The molecule has 1 aromatic heterocycles. The molecule has 1 aromatic carbocycles. The molecule has 4 nitrogen and oxygen atoms in total. The maximum atomic E-state index is 8.61. The maximum absolute atomic E-state index is 8.61. The number of allylic oxidation sites excluding steroid dienone is 1. The average molecular weight is 369 g/mol. The van der Waals surface area contributed by atoms with Gasteiger partial charge in [0.25, 0.3) is 0 Å². The van der Waals surface area contributed by atoms with Gasteiger partial charge in [-0.1, -0.05) is 41.9 Å². The van der Waals surface area contributed by atoms with Crippen LogP contribution in [0.2, 0.25) is 5.15 Å². The molecule has 1 saturated heterocycles. The summed E-state index contributed by atoms with van der Waals surface area (Å²) >= 11 is 5.97. The third-order valence-corrected chi connectivity index (χ3v) is 5.18. The molecule has 0 radical (unpaired) electrons. The van der Waals surface area contributed by atoms with E-state index in [4.69, 9.17) is 22.7 Å². The van der Waals surface area contributed by atoms with Crippen LogP contribution in [0.3, 0.4) is 0 Å². The summed E-state index contributed by atoms with van der Waals surface area (Å²) in [6.45, 7) is 2.85. The minimum absolute atomic E-state index is 0.283. The van der Waals surface area contributed by atoms with Crippen molar-refractivity contribution in [3.8, 4) is 0 Å². The van der Waals surface area contributed by atoms with Crippen molar-refractivity contribution in [2.24, 2.45) is 11.7 Å². The first kappa shape index (κ1) is 18.6. The van der Waals surface area contributed by atoms with Gasteiger partial charge in [0.1, 0.15) is 5.15 Å². The Hall–Kier alpha value is -2.17. The summed E-state index contributed by atoms with van der Waals surface area (Å²) in [6.07, 6.45) is 6.07. The fourth-order valence-electron chi connectivity index (χ4n) is 3.50. The Bertz CT molecular complexity index is 765. The number of nitrogens with two attached hydrogens (primary N) is 1. The third-order valence-electron chi connectivity index (χ3n) is 4.98. The van der Waals surface area contributed by atoms with Crippen LogP contribution in [-0.2, 0) is 13.0 Å². The first-order valence-corrected chi connectivity index (χ1v) is 9.40. The lowest BCUT2D eigenvalue weighted by atomic mass is 9.86. The van der Waals surface area contributed by atoms with Gasteiger partial charge in [-0.25, -0.2) is 4.98 Å². The predicted molar refractivity (Wildman–Crippen MR) is 107 cm³/mol. The molecule has 5 heteroatoms. The van der Waals surface area contributed by atoms with Crippen LogP contribution in [0.1, 0.15) is 24.0 Å². The lowest BCUT2D eigenvalue weighted by Crippen LogP contribution is -2.36. The average Bonchev–Trinajstić information content (AvgIpc) is 2.67. The van der Waals surface area contributed by atoms with Gasteiger partial charge in [-0.05, 0) is 61.0 Å². The number of pyridine rings is 1. The highest BCUT2D eigenvalue weighted by molar-refractivity contribution is 6.29. The lowest BCUT2D eigenvalue weighted by molar-refractivity contribution is 0.201. The van der Waals surface area contributed by atoms with Crippen molar-refractivity contribution in [3.63, 3.8) is 0 Å². The van der Waals surface area contributed by atoms with Crippen LogP contribution in [0.15, 0.2) is 60.4 Å². The van der Waals surface area contributed by atoms with Crippen LogP contribution in [0.5, 0.6) is 0 Å². The highest BCUT2D eigenvalue weighted by Gasteiger charge is 2.24. The van der Waals surface area contributed by atoms with Crippen molar-refractivity contribution in [1.29, 1.82) is 5.41 Å². The molecular weight excluding hydrogens is 344 g/mol. The number of hydrogen-bond donors (Lipinski definition) is 2. The molecule has 0 saturated carbocycles. The molecule has 0 amide bonds. The van der Waals surface area contributed by atoms with E-state index in [1.165, 1.54) is 11.1 Å². The van der Waals surface area contributed by atoms with Crippen molar-refractivity contribution in [2.75, 3.05) is 13.1 Å². The minimum Gasteiger partial charge on any atom is -0.404 e. The van der Waals surface area contributed by atoms with Gasteiger partial charge in [0.2, 0.25) is 0 Å². The number of hydrogen-bond acceptors (Lipinski definition) is 4. The van der Waals surface area contributed by atoms with Crippen LogP contribution in [0.25, 0.3) is 0 Å². The summed E-state index contributed by atoms with van der Waals surface area (Å²) in [5.74, 6) is 0.283. The van der Waals surface area contributed by atoms with Crippen LogP contribution < -0.4 is 5.73 Å². The first-order valence-electron chi connectivity index (χ1n) is 9.02. The van der Waals surface area contributed by atoms with E-state index in [2.05, 4.69) is 22.0 Å². The Balaban J connectivity index is 1.54. The van der Waals surface area contributed by atoms with Crippen molar-refractivity contribution in [2.45, 2.75) is 25.8 Å². The Morgan fingerprint density at radius 1 is 1.19 bits per heavy atom. The zero-order chi connectivity index (χ0) is 18.4. The zero-order valence-electron chi connectivity index (χ0n) is 14.9. The molecule has 26 heavy (non-hydrogen) atoms. The molecule has 1 fully saturated rings. The number of nitrogens with one attached hydrogen (secondary N) is 1. The summed E-state index contributed by atoms with van der Waals surface area (Å²) in [5, 5.41) is 9.15. The summed E-state index contributed by atoms with van der Waals surface area (Å²) in [4.78, 5) is 6.45. The van der Waals surface area contributed by atoms with Crippen LogP contribution in [0, 0.1) is 11.3 Å². The molecule has 0 spiro atoms. The minimum atomic E-state index is 0.283. The molecule has 1 aliphatic rings. The second-order valence-electron chi connectivity index (χ2n) is 6.81. The number of piperidine rings is 1. The third kappa shape index (κ3) is 4.93. The molecule has 0 bridgehead atoms. The van der Waals surface area contributed by atoms with Crippen LogP contribution >= 0.6 is 11.6 Å². The number of nitrogens with zero attached hydrogens (tertiary/aromatic N) is 2. The number of likely N-dealkylation sites (tertiary alicyclic amines) is 1. The highest BCUT2D eigenvalue weighted by atomic mass is 35.5. The summed E-state index contributed by atoms with van der Waals surface area (Å²) in [6, 6.07) is 14.2. The second kappa shape index (κ2) is 8.97. The summed E-state index contributed by atoms with van der Waals surface area (Å²) in [7, 11) is 0. The Morgan fingerprint density at radius 2 is 1.92 bits per heavy atom. The maximum Gasteiger partial charge on any atom is 0.129 e. The molecule has 3 rings (SSSR count). The lowest BCUT2D eigenvalue weighted by Gasteiger charge is -2.32. The molecule has 0 atom stereocenters. The molecule has 3 N–H and O–H groups in total. The van der Waals surface area contributed by atoms with Crippen LogP contribution in [-0.4, -0.2) is 28.7 Å². The predicted octanol–water partition coefficient (Wildman–Crippen LogP) is 4.05. The van der Waals surface area contributed by atoms with Gasteiger partial charge in [-0.2, -0.15) is 0 Å². The largest absolute Gasteiger partial charge is 0.404 e. The SMILES string of the molecule is N=C(C(=CN)Cc1ccccc1)C1CCN(Cc2ccnc(Cl)c2)CC1. The summed E-state index contributed by atoms with van der Waals surface area (Å²) < 4.78 is 0. The number of halogens is 1. The fraction of sp³-hybridized carbons (Fsp3) is 0.333. The van der Waals surface area contributed by atoms with Gasteiger partial charge < -0.3 is 11.1 Å². The normalized spacial score (nSPS) is 16.6. The summed E-state index contributed by atoms with van der Waals surface area (Å²) in [5.41, 5.74) is 9.86. The second-order valence-corrected chi connectivity index (χ2v) is 7.19. The smallest absolute Gasteiger partial charge is 0.129 e. The van der Waals surface area contributed by atoms with Gasteiger partial charge in [0.15, 0.2) is 0 Å². The van der Waals surface area contributed by atoms with Crippen LogP contribution in [0.4, 0.5) is 0 Å². The topological polar surface area (TPSA) is 66.0 Å². The first-order chi connectivity index (χ1) is 12.7. The van der Waals surface area contributed by atoms with E-state index in [1.54, 1.807) is 12.4 Å².